The molecule has 0 radical (unpaired) electrons. The fraction of sp³-hybridized carbons (Fsp3) is 0.933. The molecule has 1 saturated heterocycles. The van der Waals surface area contributed by atoms with Gasteiger partial charge in [-0.25, -0.2) is 0 Å². The summed E-state index contributed by atoms with van der Waals surface area (Å²) in [5.74, 6) is 1.49. The van der Waals surface area contributed by atoms with Crippen LogP contribution in [0.25, 0.3) is 0 Å². The first-order valence-corrected chi connectivity index (χ1v) is 8.89. The van der Waals surface area contributed by atoms with E-state index in [1.807, 2.05) is 18.7 Å². The maximum Gasteiger partial charge on any atom is 0.326 e. The molecular formula is C15H27NO3S. The number of likely N-dealkylation sites (N-methyl/N-ethyl adjacent to an activating group) is 1. The molecule has 0 aromatic rings. The highest BCUT2D eigenvalue weighted by atomic mass is 32.2. The minimum atomic E-state index is -0.429. The number of ether oxygens (including phenoxy) is 2. The number of rotatable bonds is 8. The zero-order valence-electron chi connectivity index (χ0n) is 12.7. The summed E-state index contributed by atoms with van der Waals surface area (Å²) >= 11 is 1.99. The summed E-state index contributed by atoms with van der Waals surface area (Å²) < 4.78 is 10.5. The molecule has 2 fully saturated rings. The summed E-state index contributed by atoms with van der Waals surface area (Å²) in [6.07, 6.45) is 4.26. The average Bonchev–Trinajstić information content (AvgIpc) is 2.77. The van der Waals surface area contributed by atoms with Gasteiger partial charge in [0, 0.05) is 0 Å². The van der Waals surface area contributed by atoms with Crippen LogP contribution in [0, 0.1) is 5.92 Å². The van der Waals surface area contributed by atoms with E-state index in [0.29, 0.717) is 17.8 Å². The molecule has 0 aromatic carbocycles. The molecule has 5 heteroatoms. The highest BCUT2D eigenvalue weighted by Gasteiger charge is 2.49. The topological polar surface area (TPSA) is 47.6 Å². The molecule has 0 aromatic heterocycles. The van der Waals surface area contributed by atoms with Crippen molar-refractivity contribution in [2.45, 2.75) is 50.3 Å². The highest BCUT2D eigenvalue weighted by molar-refractivity contribution is 8.00. The smallest absolute Gasteiger partial charge is 0.326 e. The van der Waals surface area contributed by atoms with Crippen LogP contribution in [-0.2, 0) is 14.3 Å². The van der Waals surface area contributed by atoms with Gasteiger partial charge in [0.25, 0.3) is 0 Å². The van der Waals surface area contributed by atoms with E-state index in [-0.39, 0.29) is 5.97 Å². The van der Waals surface area contributed by atoms with Gasteiger partial charge in [0.05, 0.1) is 25.1 Å². The molecule has 4 nitrogen and oxygen atoms in total. The number of esters is 1. The van der Waals surface area contributed by atoms with E-state index in [1.165, 1.54) is 0 Å². The lowest BCUT2D eigenvalue weighted by atomic mass is 9.85. The van der Waals surface area contributed by atoms with Gasteiger partial charge in [-0.3, -0.25) is 4.79 Å². The van der Waals surface area contributed by atoms with E-state index < -0.39 is 5.54 Å². The summed E-state index contributed by atoms with van der Waals surface area (Å²) in [5.41, 5.74) is -0.429. The summed E-state index contributed by atoms with van der Waals surface area (Å²) in [6, 6.07) is 0. The first-order chi connectivity index (χ1) is 9.73. The van der Waals surface area contributed by atoms with E-state index in [2.05, 4.69) is 12.2 Å². The second-order valence-corrected chi connectivity index (χ2v) is 7.04. The zero-order valence-corrected chi connectivity index (χ0v) is 13.5. The number of nitrogens with one attached hydrogen (secondary N) is 1. The number of carbonyl (C=O) groups is 1. The SMILES string of the molecule is CCNC1(C(=O)OCC)CCCC1CCSC1COC1. The third-order valence-corrected chi connectivity index (χ3v) is 5.59. The Kier molecular flexibility index (Phi) is 6.18. The lowest BCUT2D eigenvalue weighted by molar-refractivity contribution is -0.153. The van der Waals surface area contributed by atoms with Gasteiger partial charge < -0.3 is 14.8 Å². The van der Waals surface area contributed by atoms with Crippen LogP contribution in [0.15, 0.2) is 0 Å². The Hall–Kier alpha value is -0.260. The van der Waals surface area contributed by atoms with E-state index in [9.17, 15) is 4.79 Å². The summed E-state index contributed by atoms with van der Waals surface area (Å²) in [6.45, 7) is 7.02. The molecule has 2 atom stereocenters. The van der Waals surface area contributed by atoms with E-state index in [4.69, 9.17) is 9.47 Å². The molecule has 1 aliphatic carbocycles. The fourth-order valence-electron chi connectivity index (χ4n) is 3.30. The molecule has 2 aliphatic rings. The van der Waals surface area contributed by atoms with Gasteiger partial charge in [0.15, 0.2) is 0 Å². The highest BCUT2D eigenvalue weighted by Crippen LogP contribution is 2.40. The van der Waals surface area contributed by atoms with Crippen LogP contribution in [0.3, 0.4) is 0 Å². The Morgan fingerprint density at radius 1 is 1.45 bits per heavy atom. The van der Waals surface area contributed by atoms with Crippen molar-refractivity contribution in [1.29, 1.82) is 0 Å². The van der Waals surface area contributed by atoms with E-state index >= 15 is 0 Å². The maximum atomic E-state index is 12.4. The van der Waals surface area contributed by atoms with Crippen molar-refractivity contribution in [1.82, 2.24) is 5.32 Å². The third-order valence-electron chi connectivity index (χ3n) is 4.38. The largest absolute Gasteiger partial charge is 0.465 e. The van der Waals surface area contributed by atoms with Crippen molar-refractivity contribution in [2.24, 2.45) is 5.92 Å². The molecule has 0 amide bonds. The van der Waals surface area contributed by atoms with Crippen molar-refractivity contribution in [3.8, 4) is 0 Å². The van der Waals surface area contributed by atoms with Gasteiger partial charge in [0.1, 0.15) is 5.54 Å². The van der Waals surface area contributed by atoms with Gasteiger partial charge in [-0.15, -0.1) is 0 Å². The third kappa shape index (κ3) is 3.49. The zero-order chi connectivity index (χ0) is 14.4. The lowest BCUT2D eigenvalue weighted by Crippen LogP contribution is -2.55. The number of hydrogen-bond donors (Lipinski definition) is 1. The van der Waals surface area contributed by atoms with Gasteiger partial charge in [0.2, 0.25) is 0 Å². The molecule has 0 spiro atoms. The Morgan fingerprint density at radius 2 is 2.25 bits per heavy atom. The lowest BCUT2D eigenvalue weighted by Gasteiger charge is -2.34. The number of carbonyl (C=O) groups excluding carboxylic acids is 1. The molecule has 2 rings (SSSR count). The van der Waals surface area contributed by atoms with Crippen molar-refractivity contribution in [3.63, 3.8) is 0 Å². The normalized spacial score (nSPS) is 30.2. The molecule has 1 saturated carbocycles. The second kappa shape index (κ2) is 7.66. The van der Waals surface area contributed by atoms with Crippen LogP contribution in [0.2, 0.25) is 0 Å². The Bertz CT molecular complexity index is 322. The Balaban J connectivity index is 1.90. The molecule has 20 heavy (non-hydrogen) atoms. The quantitative estimate of drug-likeness (QED) is 0.697. The predicted molar refractivity (Wildman–Crippen MR) is 82.1 cm³/mol. The van der Waals surface area contributed by atoms with Crippen molar-refractivity contribution < 1.29 is 14.3 Å². The Morgan fingerprint density at radius 3 is 2.85 bits per heavy atom. The summed E-state index contributed by atoms with van der Waals surface area (Å²) in [5, 5.41) is 4.12. The molecule has 1 heterocycles. The number of hydrogen-bond acceptors (Lipinski definition) is 5. The summed E-state index contributed by atoms with van der Waals surface area (Å²) in [4.78, 5) is 12.4. The van der Waals surface area contributed by atoms with Crippen molar-refractivity contribution in [3.05, 3.63) is 0 Å². The predicted octanol–water partition coefficient (Wildman–Crippen LogP) is 2.22. The molecule has 1 aliphatic heterocycles. The maximum absolute atomic E-state index is 12.4. The minimum Gasteiger partial charge on any atom is -0.465 e. The van der Waals surface area contributed by atoms with Crippen molar-refractivity contribution in [2.75, 3.05) is 32.1 Å². The van der Waals surface area contributed by atoms with Gasteiger partial charge >= 0.3 is 5.97 Å². The van der Waals surface area contributed by atoms with E-state index in [1.54, 1.807) is 0 Å². The van der Waals surface area contributed by atoms with Gasteiger partial charge in [-0.1, -0.05) is 13.3 Å². The van der Waals surface area contributed by atoms with Crippen LogP contribution in [-0.4, -0.2) is 48.9 Å². The standard InChI is InChI=1S/C15H27NO3S/c1-3-16-15(14(17)19-4-2)8-5-6-12(15)7-9-20-13-10-18-11-13/h12-13,16H,3-11H2,1-2H3. The molecule has 0 bridgehead atoms. The van der Waals surface area contributed by atoms with Crippen LogP contribution < -0.4 is 5.32 Å². The first-order valence-electron chi connectivity index (χ1n) is 7.84. The molecule has 116 valence electrons. The first kappa shape index (κ1) is 16.1. The number of thioether (sulfide) groups is 1. The monoisotopic (exact) mass is 301 g/mol. The van der Waals surface area contributed by atoms with Crippen LogP contribution >= 0.6 is 11.8 Å². The van der Waals surface area contributed by atoms with Gasteiger partial charge in [-0.05, 0) is 44.4 Å². The van der Waals surface area contributed by atoms with Crippen LogP contribution in [0.1, 0.15) is 39.5 Å². The van der Waals surface area contributed by atoms with Crippen molar-refractivity contribution >= 4 is 17.7 Å². The average molecular weight is 301 g/mol. The Labute approximate surface area is 126 Å². The molecular weight excluding hydrogens is 274 g/mol. The molecule has 1 N–H and O–H groups in total. The van der Waals surface area contributed by atoms with Crippen LogP contribution in [0.5, 0.6) is 0 Å². The van der Waals surface area contributed by atoms with Crippen LogP contribution in [0.4, 0.5) is 0 Å². The van der Waals surface area contributed by atoms with E-state index in [0.717, 1.165) is 51.2 Å². The second-order valence-electron chi connectivity index (χ2n) is 5.63. The fourth-order valence-corrected chi connectivity index (χ4v) is 4.44. The summed E-state index contributed by atoms with van der Waals surface area (Å²) in [7, 11) is 0. The molecule has 2 unspecified atom stereocenters. The van der Waals surface area contributed by atoms with Gasteiger partial charge in [-0.2, -0.15) is 11.8 Å². The minimum absolute atomic E-state index is 0.0404.